The number of hydrogen-bond donors (Lipinski definition) is 1. The Hall–Kier alpha value is -1.35. The zero-order valence-electron chi connectivity index (χ0n) is 8.70. The largest absolute Gasteiger partial charge is 0.467 e. The Labute approximate surface area is 83.9 Å². The fourth-order valence-corrected chi connectivity index (χ4v) is 1.30. The van der Waals surface area contributed by atoms with Crippen molar-refractivity contribution in [3.05, 3.63) is 35.4 Å². The minimum atomic E-state index is -1.07. The van der Waals surface area contributed by atoms with Crippen LogP contribution in [0.15, 0.2) is 24.3 Å². The van der Waals surface area contributed by atoms with E-state index in [0.717, 1.165) is 11.1 Å². The van der Waals surface area contributed by atoms with Crippen molar-refractivity contribution < 1.29 is 9.53 Å². The normalized spacial score (nSPS) is 14.6. The van der Waals surface area contributed by atoms with Crippen LogP contribution in [0.3, 0.4) is 0 Å². The number of esters is 1. The maximum Gasteiger partial charge on any atom is 0.330 e. The lowest BCUT2D eigenvalue weighted by Crippen LogP contribution is -2.42. The molecule has 1 rings (SSSR count). The molecule has 0 spiro atoms. The van der Waals surface area contributed by atoms with Gasteiger partial charge in [-0.3, -0.25) is 0 Å². The van der Waals surface area contributed by atoms with Gasteiger partial charge in [-0.1, -0.05) is 29.8 Å². The summed E-state index contributed by atoms with van der Waals surface area (Å²) in [7, 11) is 1.34. The van der Waals surface area contributed by atoms with E-state index in [2.05, 4.69) is 4.74 Å². The Morgan fingerprint density at radius 1 is 1.50 bits per heavy atom. The number of aryl methyl sites for hydroxylation is 1. The second-order valence-electron chi connectivity index (χ2n) is 3.56. The van der Waals surface area contributed by atoms with E-state index in [1.54, 1.807) is 6.92 Å². The summed E-state index contributed by atoms with van der Waals surface area (Å²) in [4.78, 5) is 11.4. The predicted molar refractivity (Wildman–Crippen MR) is 54.7 cm³/mol. The highest BCUT2D eigenvalue weighted by Gasteiger charge is 2.31. The van der Waals surface area contributed by atoms with E-state index in [4.69, 9.17) is 5.73 Å². The fraction of sp³-hybridized carbons (Fsp3) is 0.364. The molecule has 1 aromatic rings. The van der Waals surface area contributed by atoms with Crippen LogP contribution in [0.5, 0.6) is 0 Å². The molecule has 0 aliphatic rings. The molecule has 1 aromatic carbocycles. The highest BCUT2D eigenvalue weighted by molar-refractivity contribution is 5.81. The molecule has 1 unspecified atom stereocenters. The molecule has 0 heterocycles. The van der Waals surface area contributed by atoms with Gasteiger partial charge in [-0.15, -0.1) is 0 Å². The van der Waals surface area contributed by atoms with E-state index in [1.807, 2.05) is 31.2 Å². The standard InChI is InChI=1S/C11H15NO2/c1-8-5-4-6-9(7-8)11(2,12)10(13)14-3/h4-7H,12H2,1-3H3. The lowest BCUT2D eigenvalue weighted by atomic mass is 9.92. The van der Waals surface area contributed by atoms with Crippen LogP contribution in [0.1, 0.15) is 18.1 Å². The maximum absolute atomic E-state index is 11.4. The molecular formula is C11H15NO2. The number of hydrogen-bond acceptors (Lipinski definition) is 3. The van der Waals surface area contributed by atoms with Crippen LogP contribution in [0.4, 0.5) is 0 Å². The molecular weight excluding hydrogens is 178 g/mol. The van der Waals surface area contributed by atoms with Gasteiger partial charge < -0.3 is 10.5 Å². The summed E-state index contributed by atoms with van der Waals surface area (Å²) >= 11 is 0. The van der Waals surface area contributed by atoms with Crippen LogP contribution in [0.25, 0.3) is 0 Å². The van der Waals surface area contributed by atoms with Gasteiger partial charge in [-0.05, 0) is 19.4 Å². The van der Waals surface area contributed by atoms with Crippen molar-refractivity contribution in [1.82, 2.24) is 0 Å². The van der Waals surface area contributed by atoms with Gasteiger partial charge in [-0.2, -0.15) is 0 Å². The van der Waals surface area contributed by atoms with E-state index in [9.17, 15) is 4.79 Å². The monoisotopic (exact) mass is 193 g/mol. The topological polar surface area (TPSA) is 52.3 Å². The minimum Gasteiger partial charge on any atom is -0.467 e. The summed E-state index contributed by atoms with van der Waals surface area (Å²) in [5.41, 5.74) is 6.66. The summed E-state index contributed by atoms with van der Waals surface area (Å²) in [6.07, 6.45) is 0. The van der Waals surface area contributed by atoms with Crippen LogP contribution in [0, 0.1) is 6.92 Å². The summed E-state index contributed by atoms with van der Waals surface area (Å²) in [6, 6.07) is 7.54. The molecule has 0 radical (unpaired) electrons. The van der Waals surface area contributed by atoms with E-state index < -0.39 is 11.5 Å². The Morgan fingerprint density at radius 3 is 2.64 bits per heavy atom. The first-order valence-electron chi connectivity index (χ1n) is 4.43. The molecule has 0 aliphatic heterocycles. The number of rotatable bonds is 2. The van der Waals surface area contributed by atoms with Crippen molar-refractivity contribution >= 4 is 5.97 Å². The first-order valence-corrected chi connectivity index (χ1v) is 4.43. The van der Waals surface area contributed by atoms with Crippen molar-refractivity contribution in [3.8, 4) is 0 Å². The van der Waals surface area contributed by atoms with Gasteiger partial charge in [-0.25, -0.2) is 4.79 Å². The molecule has 76 valence electrons. The van der Waals surface area contributed by atoms with Gasteiger partial charge in [0.1, 0.15) is 5.54 Å². The first-order chi connectivity index (χ1) is 6.48. The Bertz CT molecular complexity index is 345. The molecule has 0 aromatic heterocycles. The van der Waals surface area contributed by atoms with Crippen LogP contribution < -0.4 is 5.73 Å². The SMILES string of the molecule is COC(=O)C(C)(N)c1cccc(C)c1. The van der Waals surface area contributed by atoms with E-state index in [1.165, 1.54) is 7.11 Å². The number of methoxy groups -OCH3 is 1. The van der Waals surface area contributed by atoms with E-state index in [0.29, 0.717) is 0 Å². The van der Waals surface area contributed by atoms with Crippen LogP contribution in [0.2, 0.25) is 0 Å². The molecule has 0 saturated heterocycles. The van der Waals surface area contributed by atoms with Crippen molar-refractivity contribution in [1.29, 1.82) is 0 Å². The number of nitrogens with two attached hydrogens (primary N) is 1. The molecule has 2 N–H and O–H groups in total. The molecule has 0 aliphatic carbocycles. The van der Waals surface area contributed by atoms with Crippen LogP contribution >= 0.6 is 0 Å². The summed E-state index contributed by atoms with van der Waals surface area (Å²) in [6.45, 7) is 3.60. The van der Waals surface area contributed by atoms with Gasteiger partial charge >= 0.3 is 5.97 Å². The van der Waals surface area contributed by atoms with E-state index >= 15 is 0 Å². The number of carbonyl (C=O) groups excluding carboxylic acids is 1. The van der Waals surface area contributed by atoms with Gasteiger partial charge in [0.25, 0.3) is 0 Å². The molecule has 3 heteroatoms. The zero-order chi connectivity index (χ0) is 10.8. The van der Waals surface area contributed by atoms with Crippen molar-refractivity contribution in [3.63, 3.8) is 0 Å². The maximum atomic E-state index is 11.4. The average molecular weight is 193 g/mol. The van der Waals surface area contributed by atoms with Gasteiger partial charge in [0.2, 0.25) is 0 Å². The smallest absolute Gasteiger partial charge is 0.330 e. The average Bonchev–Trinajstić information content (AvgIpc) is 2.16. The van der Waals surface area contributed by atoms with Gasteiger partial charge in [0.15, 0.2) is 0 Å². The van der Waals surface area contributed by atoms with Crippen LogP contribution in [-0.4, -0.2) is 13.1 Å². The summed E-state index contributed by atoms with van der Waals surface area (Å²) in [5, 5.41) is 0. The molecule has 14 heavy (non-hydrogen) atoms. The number of benzene rings is 1. The molecule has 0 saturated carbocycles. The minimum absolute atomic E-state index is 0.428. The third-order valence-electron chi connectivity index (χ3n) is 2.23. The second-order valence-corrected chi connectivity index (χ2v) is 3.56. The summed E-state index contributed by atoms with van der Waals surface area (Å²) in [5.74, 6) is -0.428. The van der Waals surface area contributed by atoms with Crippen molar-refractivity contribution in [2.24, 2.45) is 5.73 Å². The lowest BCUT2D eigenvalue weighted by Gasteiger charge is -2.22. The molecule has 1 atom stereocenters. The summed E-state index contributed by atoms with van der Waals surface area (Å²) < 4.78 is 4.65. The Balaban J connectivity index is 3.09. The fourth-order valence-electron chi connectivity index (χ4n) is 1.30. The third-order valence-corrected chi connectivity index (χ3v) is 2.23. The van der Waals surface area contributed by atoms with Crippen molar-refractivity contribution in [2.45, 2.75) is 19.4 Å². The molecule has 0 fully saturated rings. The quantitative estimate of drug-likeness (QED) is 0.721. The third kappa shape index (κ3) is 1.93. The predicted octanol–water partition coefficient (Wildman–Crippen LogP) is 1.34. The number of carbonyl (C=O) groups is 1. The highest BCUT2D eigenvalue weighted by Crippen LogP contribution is 2.19. The molecule has 0 amide bonds. The van der Waals surface area contributed by atoms with Gasteiger partial charge in [0, 0.05) is 0 Å². The van der Waals surface area contributed by atoms with Gasteiger partial charge in [0.05, 0.1) is 7.11 Å². The van der Waals surface area contributed by atoms with E-state index in [-0.39, 0.29) is 0 Å². The lowest BCUT2D eigenvalue weighted by molar-refractivity contribution is -0.146. The first kappa shape index (κ1) is 10.7. The second kappa shape index (κ2) is 3.80. The molecule has 3 nitrogen and oxygen atoms in total. The zero-order valence-corrected chi connectivity index (χ0v) is 8.70. The Kier molecular flexibility index (Phi) is 2.91. The molecule has 0 bridgehead atoms. The highest BCUT2D eigenvalue weighted by atomic mass is 16.5. The van der Waals surface area contributed by atoms with Crippen molar-refractivity contribution in [2.75, 3.05) is 7.11 Å². The number of ether oxygens (including phenoxy) is 1. The Morgan fingerprint density at radius 2 is 2.14 bits per heavy atom. The van der Waals surface area contributed by atoms with Crippen LogP contribution in [-0.2, 0) is 15.1 Å².